The third-order valence-electron chi connectivity index (χ3n) is 3.06. The van der Waals surface area contributed by atoms with Crippen LogP contribution in [0.2, 0.25) is 0 Å². The maximum atomic E-state index is 13.6. The molecule has 0 fully saturated rings. The number of rotatable bonds is 7. The highest BCUT2D eigenvalue weighted by Crippen LogP contribution is 2.20. The van der Waals surface area contributed by atoms with Crippen molar-refractivity contribution in [1.82, 2.24) is 4.90 Å². The van der Waals surface area contributed by atoms with Crippen molar-refractivity contribution in [1.29, 1.82) is 0 Å². The van der Waals surface area contributed by atoms with Crippen molar-refractivity contribution in [3.8, 4) is 0 Å². The Kier molecular flexibility index (Phi) is 6.34. The zero-order valence-electron chi connectivity index (χ0n) is 11.6. The van der Waals surface area contributed by atoms with Crippen molar-refractivity contribution in [3.63, 3.8) is 0 Å². The molecule has 1 rings (SSSR count). The van der Waals surface area contributed by atoms with Crippen molar-refractivity contribution >= 4 is 0 Å². The Morgan fingerprint density at radius 2 is 2.00 bits per heavy atom. The number of ether oxygens (including phenoxy) is 1. The molecule has 0 bridgehead atoms. The van der Waals surface area contributed by atoms with Gasteiger partial charge in [-0.1, -0.05) is 12.1 Å². The van der Waals surface area contributed by atoms with E-state index in [2.05, 4.69) is 0 Å². The van der Waals surface area contributed by atoms with E-state index in [1.165, 1.54) is 12.1 Å². The molecule has 0 heterocycles. The molecule has 108 valence electrons. The molecule has 0 saturated carbocycles. The molecule has 1 aromatic rings. The fraction of sp³-hybridized carbons (Fsp3) is 0.571. The predicted molar refractivity (Wildman–Crippen MR) is 69.9 cm³/mol. The Morgan fingerprint density at radius 3 is 2.58 bits per heavy atom. The van der Waals surface area contributed by atoms with Crippen molar-refractivity contribution in [2.45, 2.75) is 26.0 Å². The summed E-state index contributed by atoms with van der Waals surface area (Å²) < 4.78 is 31.7. The zero-order chi connectivity index (χ0) is 14.4. The lowest BCUT2D eigenvalue weighted by molar-refractivity contribution is 0.0701. The summed E-state index contributed by atoms with van der Waals surface area (Å²) in [6.07, 6.45) is -1.06. The first-order valence-electron chi connectivity index (χ1n) is 6.32. The molecule has 1 atom stereocenters. The second-order valence-corrected chi connectivity index (χ2v) is 4.74. The van der Waals surface area contributed by atoms with Crippen LogP contribution in [0.25, 0.3) is 0 Å². The molecule has 0 aliphatic rings. The third-order valence-corrected chi connectivity index (χ3v) is 3.06. The van der Waals surface area contributed by atoms with E-state index in [-0.39, 0.29) is 18.2 Å². The van der Waals surface area contributed by atoms with Crippen LogP contribution < -0.4 is 0 Å². The van der Waals surface area contributed by atoms with E-state index in [0.29, 0.717) is 13.2 Å². The van der Waals surface area contributed by atoms with Gasteiger partial charge in [-0.3, -0.25) is 4.90 Å². The summed E-state index contributed by atoms with van der Waals surface area (Å²) in [4.78, 5) is 1.96. The van der Waals surface area contributed by atoms with Crippen LogP contribution in [0.5, 0.6) is 0 Å². The molecule has 0 saturated heterocycles. The molecule has 0 spiro atoms. The first-order valence-corrected chi connectivity index (χ1v) is 6.32. The summed E-state index contributed by atoms with van der Waals surface area (Å²) in [7, 11) is 1.60. The largest absolute Gasteiger partial charge is 0.387 e. The van der Waals surface area contributed by atoms with Crippen LogP contribution in [0.4, 0.5) is 8.78 Å². The minimum atomic E-state index is -1.06. The van der Waals surface area contributed by atoms with Crippen LogP contribution in [0.3, 0.4) is 0 Å². The maximum absolute atomic E-state index is 13.6. The average Bonchev–Trinajstić information content (AvgIpc) is 2.37. The smallest absolute Gasteiger partial charge is 0.164 e. The molecule has 5 heteroatoms. The Morgan fingerprint density at radius 1 is 1.32 bits per heavy atom. The van der Waals surface area contributed by atoms with E-state index < -0.39 is 17.7 Å². The quantitative estimate of drug-likeness (QED) is 0.828. The summed E-state index contributed by atoms with van der Waals surface area (Å²) in [6, 6.07) is 4.02. The molecular formula is C14H21F2NO2. The van der Waals surface area contributed by atoms with Crippen molar-refractivity contribution < 1.29 is 18.6 Å². The van der Waals surface area contributed by atoms with E-state index in [1.807, 2.05) is 18.7 Å². The van der Waals surface area contributed by atoms with Gasteiger partial charge < -0.3 is 9.84 Å². The molecule has 0 radical (unpaired) electrons. The number of hydrogen-bond acceptors (Lipinski definition) is 3. The first-order chi connectivity index (χ1) is 8.97. The Balaban J connectivity index is 2.75. The van der Waals surface area contributed by atoms with Gasteiger partial charge in [0.2, 0.25) is 0 Å². The number of aliphatic hydroxyl groups is 1. The number of nitrogens with zero attached hydrogens (tertiary/aromatic N) is 1. The SMILES string of the molecule is COCCN(CC(O)c1cccc(F)c1F)C(C)C. The lowest BCUT2D eigenvalue weighted by Crippen LogP contribution is -2.37. The van der Waals surface area contributed by atoms with Gasteiger partial charge in [-0.15, -0.1) is 0 Å². The van der Waals surface area contributed by atoms with Crippen LogP contribution in [-0.2, 0) is 4.74 Å². The van der Waals surface area contributed by atoms with Gasteiger partial charge >= 0.3 is 0 Å². The first kappa shape index (κ1) is 16.0. The van der Waals surface area contributed by atoms with Gasteiger partial charge in [0.1, 0.15) is 0 Å². The lowest BCUT2D eigenvalue weighted by Gasteiger charge is -2.28. The second-order valence-electron chi connectivity index (χ2n) is 4.74. The molecular weight excluding hydrogens is 252 g/mol. The highest BCUT2D eigenvalue weighted by atomic mass is 19.2. The minimum Gasteiger partial charge on any atom is -0.387 e. The number of hydrogen-bond donors (Lipinski definition) is 1. The van der Waals surface area contributed by atoms with Crippen LogP contribution >= 0.6 is 0 Å². The van der Waals surface area contributed by atoms with Gasteiger partial charge in [-0.2, -0.15) is 0 Å². The monoisotopic (exact) mass is 273 g/mol. The molecule has 0 aliphatic heterocycles. The molecule has 1 N–H and O–H groups in total. The van der Waals surface area contributed by atoms with Gasteiger partial charge in [-0.05, 0) is 19.9 Å². The molecule has 0 aromatic heterocycles. The van der Waals surface area contributed by atoms with E-state index in [1.54, 1.807) is 7.11 Å². The molecule has 0 aliphatic carbocycles. The fourth-order valence-corrected chi connectivity index (χ4v) is 1.87. The van der Waals surface area contributed by atoms with Gasteiger partial charge in [0.05, 0.1) is 12.7 Å². The van der Waals surface area contributed by atoms with E-state index in [4.69, 9.17) is 4.74 Å². The number of methoxy groups -OCH3 is 1. The molecule has 0 amide bonds. The van der Waals surface area contributed by atoms with E-state index in [0.717, 1.165) is 6.07 Å². The van der Waals surface area contributed by atoms with E-state index in [9.17, 15) is 13.9 Å². The Hall–Kier alpha value is -1.04. The highest BCUT2D eigenvalue weighted by molar-refractivity contribution is 5.21. The van der Waals surface area contributed by atoms with Crippen molar-refractivity contribution in [3.05, 3.63) is 35.4 Å². The number of aliphatic hydroxyl groups excluding tert-OH is 1. The lowest BCUT2D eigenvalue weighted by atomic mass is 10.1. The van der Waals surface area contributed by atoms with Gasteiger partial charge in [-0.25, -0.2) is 8.78 Å². The van der Waals surface area contributed by atoms with Crippen LogP contribution in [0.1, 0.15) is 25.5 Å². The summed E-state index contributed by atoms with van der Waals surface area (Å²) >= 11 is 0. The summed E-state index contributed by atoms with van der Waals surface area (Å²) in [6.45, 7) is 5.34. The van der Waals surface area contributed by atoms with Gasteiger partial charge in [0.15, 0.2) is 11.6 Å². The molecule has 3 nitrogen and oxygen atoms in total. The van der Waals surface area contributed by atoms with Crippen molar-refractivity contribution in [2.75, 3.05) is 26.8 Å². The summed E-state index contributed by atoms with van der Waals surface area (Å²) in [5.74, 6) is -1.92. The van der Waals surface area contributed by atoms with Crippen LogP contribution in [0, 0.1) is 11.6 Å². The summed E-state index contributed by atoms with van der Waals surface area (Å²) in [5, 5.41) is 10.1. The molecule has 1 unspecified atom stereocenters. The average molecular weight is 273 g/mol. The second kappa shape index (κ2) is 7.53. The summed E-state index contributed by atoms with van der Waals surface area (Å²) in [5.41, 5.74) is -0.0110. The van der Waals surface area contributed by atoms with Gasteiger partial charge in [0.25, 0.3) is 0 Å². The van der Waals surface area contributed by atoms with Gasteiger partial charge in [0, 0.05) is 31.8 Å². The third kappa shape index (κ3) is 4.53. The number of halogens is 2. The number of benzene rings is 1. The topological polar surface area (TPSA) is 32.7 Å². The van der Waals surface area contributed by atoms with Crippen LogP contribution in [-0.4, -0.2) is 42.9 Å². The predicted octanol–water partition coefficient (Wildman–Crippen LogP) is 2.36. The Bertz CT molecular complexity index is 399. The standard InChI is InChI=1S/C14H21F2NO2/c1-10(2)17(7-8-19-3)9-13(18)11-5-4-6-12(15)14(11)16/h4-6,10,13,18H,7-9H2,1-3H3. The maximum Gasteiger partial charge on any atom is 0.164 e. The minimum absolute atomic E-state index is 0.0110. The van der Waals surface area contributed by atoms with Crippen LogP contribution in [0.15, 0.2) is 18.2 Å². The van der Waals surface area contributed by atoms with E-state index >= 15 is 0 Å². The Labute approximate surface area is 112 Å². The van der Waals surface area contributed by atoms with Crippen molar-refractivity contribution in [2.24, 2.45) is 0 Å². The molecule has 1 aromatic carbocycles. The highest BCUT2D eigenvalue weighted by Gasteiger charge is 2.20. The molecule has 19 heavy (non-hydrogen) atoms. The normalized spacial score (nSPS) is 13.3. The zero-order valence-corrected chi connectivity index (χ0v) is 11.6. The fourth-order valence-electron chi connectivity index (χ4n) is 1.87.